The second-order valence-corrected chi connectivity index (χ2v) is 45.9. The van der Waals surface area contributed by atoms with Crippen LogP contribution >= 0.6 is 0 Å². The van der Waals surface area contributed by atoms with Crippen LogP contribution in [0.4, 0.5) is 0 Å². The molecule has 0 aliphatic heterocycles. The Balaban J connectivity index is 0.000000220. The Bertz CT molecular complexity index is 2210. The summed E-state index contributed by atoms with van der Waals surface area (Å²) in [4.78, 5) is 0. The van der Waals surface area contributed by atoms with Gasteiger partial charge in [-0.3, -0.25) is 0 Å². The van der Waals surface area contributed by atoms with Gasteiger partial charge in [-0.15, -0.1) is 0 Å². The third kappa shape index (κ3) is 7.34. The standard InChI is InChI=1S/2C16H13.C16H14.2CH3.H2Si.Zr/c2*1-12-10-14-8-5-9-15(16(14)11-12)13-6-3-2-4-7-13;1-3-9-15(10-4-1)13-7-8-14-16-11-5-2-6-12-16;;;;/h2*2-11H,1H3;1-14H;2*1H3;1H2;. The van der Waals surface area contributed by atoms with Gasteiger partial charge in [0, 0.05) is 0 Å². The van der Waals surface area contributed by atoms with Crippen LogP contribution in [-0.4, -0.2) is 6.88 Å². The van der Waals surface area contributed by atoms with Crippen molar-refractivity contribution >= 4 is 31.2 Å². The first kappa shape index (κ1) is 35.8. The van der Waals surface area contributed by atoms with E-state index in [9.17, 15) is 0 Å². The van der Waals surface area contributed by atoms with Gasteiger partial charge in [-0.25, -0.2) is 0 Å². The van der Waals surface area contributed by atoms with Crippen molar-refractivity contribution in [1.29, 1.82) is 0 Å². The van der Waals surface area contributed by atoms with E-state index in [1.54, 1.807) is 22.3 Å². The zero-order valence-corrected chi connectivity index (χ0v) is 34.7. The number of rotatable bonds is 7. The van der Waals surface area contributed by atoms with Crippen molar-refractivity contribution in [3.8, 4) is 22.3 Å². The summed E-state index contributed by atoms with van der Waals surface area (Å²) in [7, 11) is 0. The molecule has 0 saturated heterocycles. The second-order valence-electron chi connectivity index (χ2n) is 15.5. The van der Waals surface area contributed by atoms with Gasteiger partial charge in [-0.2, -0.15) is 0 Å². The molecule has 0 nitrogen and oxygen atoms in total. The number of hydrogen-bond acceptors (Lipinski definition) is 0. The van der Waals surface area contributed by atoms with Crippen LogP contribution in [0.5, 0.6) is 0 Å². The van der Waals surface area contributed by atoms with Gasteiger partial charge in [-0.1, -0.05) is 85.0 Å². The summed E-state index contributed by atoms with van der Waals surface area (Å²) in [5.74, 6) is 0. The van der Waals surface area contributed by atoms with E-state index in [4.69, 9.17) is 0 Å². The van der Waals surface area contributed by atoms with Crippen LogP contribution in [0.15, 0.2) is 181 Å². The predicted octanol–water partition coefficient (Wildman–Crippen LogP) is 13.4. The number of benzene rings is 6. The summed E-state index contributed by atoms with van der Waals surface area (Å²) in [6.07, 6.45) is 13.3. The average molecular weight is 768 g/mol. The van der Waals surface area contributed by atoms with Gasteiger partial charge in [-0.05, 0) is 11.1 Å². The average Bonchev–Trinajstić information content (AvgIpc) is 3.72. The van der Waals surface area contributed by atoms with E-state index in [0.717, 1.165) is 0 Å². The Kier molecular flexibility index (Phi) is 10.4. The maximum atomic E-state index is 2.72. The Hall–Kier alpha value is -4.62. The summed E-state index contributed by atoms with van der Waals surface area (Å²) in [5, 5.41) is 0. The molecule has 256 valence electrons. The molecule has 8 rings (SSSR count). The first-order valence-electron chi connectivity index (χ1n) is 18.4. The molecule has 0 saturated carbocycles. The molecule has 6 aromatic carbocycles. The van der Waals surface area contributed by atoms with Crippen LogP contribution in [0.3, 0.4) is 0 Å². The van der Waals surface area contributed by atoms with Crippen molar-refractivity contribution in [2.75, 3.05) is 0 Å². The fourth-order valence-electron chi connectivity index (χ4n) is 8.99. The van der Waals surface area contributed by atoms with Gasteiger partial charge >= 0.3 is 220 Å². The van der Waals surface area contributed by atoms with Crippen LogP contribution in [0.1, 0.15) is 54.5 Å². The molecule has 0 amide bonds. The zero-order valence-electron chi connectivity index (χ0n) is 30.8. The van der Waals surface area contributed by atoms with Gasteiger partial charge in [0.1, 0.15) is 0 Å². The Morgan fingerprint density at radius 3 is 1.15 bits per heavy atom. The third-order valence-electron chi connectivity index (χ3n) is 10.9. The topological polar surface area (TPSA) is 0 Å². The molecule has 0 spiro atoms. The molecular weight excluding hydrogens is 720 g/mol. The predicted molar refractivity (Wildman–Crippen MR) is 228 cm³/mol. The second kappa shape index (κ2) is 15.2. The van der Waals surface area contributed by atoms with Crippen LogP contribution in [0.25, 0.3) is 46.6 Å². The molecule has 0 aromatic heterocycles. The molecule has 2 unspecified atom stereocenters. The molecule has 0 heterocycles. The zero-order chi connectivity index (χ0) is 36.2. The van der Waals surface area contributed by atoms with E-state index in [1.807, 2.05) is 36.4 Å². The van der Waals surface area contributed by atoms with Crippen molar-refractivity contribution in [3.63, 3.8) is 0 Å². The summed E-state index contributed by atoms with van der Waals surface area (Å²) in [5.41, 5.74) is 16.9. The normalized spacial score (nSPS) is 16.6. The summed E-state index contributed by atoms with van der Waals surface area (Å²) in [6, 6.07) is 56.4. The minimum absolute atomic E-state index is 0.545. The van der Waals surface area contributed by atoms with Gasteiger partial charge in [0.05, 0.1) is 0 Å². The molecule has 6 aromatic rings. The molecule has 2 atom stereocenters. The van der Waals surface area contributed by atoms with E-state index in [-0.39, 0.29) is 0 Å². The SMILES string of the molecule is C(C=Cc1ccccc1)=Cc1ccccc1.CC1=Cc2c(-c3ccccc3)cccc2[CH]1[Zr]([CH3])([CH3])(=[SiH2])[CH]1C(C)=Cc2c(-c3ccccc3)cccc21. The van der Waals surface area contributed by atoms with Crippen molar-refractivity contribution < 1.29 is 17.4 Å². The van der Waals surface area contributed by atoms with E-state index in [0.29, 0.717) is 7.25 Å². The van der Waals surface area contributed by atoms with Crippen molar-refractivity contribution in [2.24, 2.45) is 0 Å². The molecule has 2 aliphatic rings. The van der Waals surface area contributed by atoms with Gasteiger partial charge in [0.2, 0.25) is 0 Å². The van der Waals surface area contributed by atoms with E-state index < -0.39 is 17.4 Å². The summed E-state index contributed by atoms with van der Waals surface area (Å²) >= 11 is -3.48. The van der Waals surface area contributed by atoms with Gasteiger partial charge in [0.25, 0.3) is 0 Å². The van der Waals surface area contributed by atoms with E-state index in [1.165, 1.54) is 44.5 Å². The molecule has 0 fully saturated rings. The first-order chi connectivity index (χ1) is 25.2. The molecule has 2 heteroatoms. The minimum atomic E-state index is -3.48. The third-order valence-corrected chi connectivity index (χ3v) is 28.8. The first-order valence-corrected chi connectivity index (χ1v) is 32.1. The van der Waals surface area contributed by atoms with Crippen molar-refractivity contribution in [1.82, 2.24) is 0 Å². The fourth-order valence-corrected chi connectivity index (χ4v) is 30.2. The number of hydrogen-bond donors (Lipinski definition) is 0. The molecule has 0 radical (unpaired) electrons. The van der Waals surface area contributed by atoms with Crippen molar-refractivity contribution in [3.05, 3.63) is 214 Å². The van der Waals surface area contributed by atoms with Crippen molar-refractivity contribution in [2.45, 2.75) is 30.4 Å². The maximum absolute atomic E-state index is 3.48. The molecule has 0 bridgehead atoms. The Labute approximate surface area is 313 Å². The quantitative estimate of drug-likeness (QED) is 0.112. The van der Waals surface area contributed by atoms with Crippen LogP contribution in [0.2, 0.25) is 9.26 Å². The van der Waals surface area contributed by atoms with Crippen LogP contribution in [0, 0.1) is 0 Å². The summed E-state index contributed by atoms with van der Waals surface area (Å²) in [6.45, 7) is 7.20. The molecule has 52 heavy (non-hydrogen) atoms. The van der Waals surface area contributed by atoms with Gasteiger partial charge < -0.3 is 0 Å². The van der Waals surface area contributed by atoms with Crippen LogP contribution in [-0.2, 0) is 17.4 Å². The van der Waals surface area contributed by atoms with Crippen LogP contribution < -0.4 is 0 Å². The molecule has 0 N–H and O–H groups in total. The summed E-state index contributed by atoms with van der Waals surface area (Å²) < 4.78 is 6.53. The van der Waals surface area contributed by atoms with E-state index >= 15 is 0 Å². The Morgan fingerprint density at radius 1 is 0.442 bits per heavy atom. The molecular formula is C50H48SiZr. The van der Waals surface area contributed by atoms with E-state index in [2.05, 4.69) is 188 Å². The molecule has 2 aliphatic carbocycles. The fraction of sp³-hybridized carbons (Fsp3) is 0.120. The number of allylic oxidation sites excluding steroid dienone is 4. The number of fused-ring (bicyclic) bond motifs is 2. The Morgan fingerprint density at radius 2 is 0.788 bits per heavy atom. The van der Waals surface area contributed by atoms with Gasteiger partial charge in [0.15, 0.2) is 0 Å². The monoisotopic (exact) mass is 766 g/mol.